The first-order chi connectivity index (χ1) is 11.1. The van der Waals surface area contributed by atoms with Crippen LogP contribution in [0.1, 0.15) is 54.9 Å². The number of hydrogen-bond donors (Lipinski definition) is 1. The molecule has 2 amide bonds. The SMILES string of the molecule is C[C@@H]1C[C@H]1C(=O)NCc1ccc(C(=O)N2CCCCCC2)cc1. The Balaban J connectivity index is 1.53. The van der Waals surface area contributed by atoms with E-state index in [2.05, 4.69) is 12.2 Å². The molecule has 3 rings (SSSR count). The third-order valence-electron chi connectivity index (χ3n) is 5.01. The molecule has 0 radical (unpaired) electrons. The molecule has 1 aliphatic carbocycles. The minimum atomic E-state index is 0.134. The summed E-state index contributed by atoms with van der Waals surface area (Å²) in [4.78, 5) is 26.3. The molecule has 0 aromatic heterocycles. The van der Waals surface area contributed by atoms with Crippen molar-refractivity contribution in [3.63, 3.8) is 0 Å². The zero-order chi connectivity index (χ0) is 16.2. The number of nitrogens with zero attached hydrogens (tertiary/aromatic N) is 1. The maximum Gasteiger partial charge on any atom is 0.253 e. The Morgan fingerprint density at radius 1 is 1.09 bits per heavy atom. The van der Waals surface area contributed by atoms with Crippen LogP contribution in [0.25, 0.3) is 0 Å². The Bertz CT molecular complexity index is 559. The van der Waals surface area contributed by atoms with Gasteiger partial charge < -0.3 is 10.2 Å². The number of likely N-dealkylation sites (tertiary alicyclic amines) is 1. The van der Waals surface area contributed by atoms with Gasteiger partial charge >= 0.3 is 0 Å². The van der Waals surface area contributed by atoms with E-state index in [1.165, 1.54) is 12.8 Å². The summed E-state index contributed by atoms with van der Waals surface area (Å²) in [6.07, 6.45) is 5.67. The van der Waals surface area contributed by atoms with Crippen LogP contribution >= 0.6 is 0 Å². The average Bonchev–Trinajstić information content (AvgIpc) is 3.35. The van der Waals surface area contributed by atoms with Gasteiger partial charge in [-0.15, -0.1) is 0 Å². The van der Waals surface area contributed by atoms with E-state index >= 15 is 0 Å². The molecule has 1 aromatic carbocycles. The summed E-state index contributed by atoms with van der Waals surface area (Å²) >= 11 is 0. The third kappa shape index (κ3) is 4.12. The van der Waals surface area contributed by atoms with Gasteiger partial charge in [-0.25, -0.2) is 0 Å². The van der Waals surface area contributed by atoms with Gasteiger partial charge in [-0.05, 0) is 42.9 Å². The monoisotopic (exact) mass is 314 g/mol. The minimum Gasteiger partial charge on any atom is -0.352 e. The van der Waals surface area contributed by atoms with Crippen LogP contribution in [0.4, 0.5) is 0 Å². The molecule has 2 fully saturated rings. The van der Waals surface area contributed by atoms with Crippen molar-refractivity contribution < 1.29 is 9.59 Å². The Hall–Kier alpha value is -1.84. The first-order valence-corrected chi connectivity index (χ1v) is 8.81. The highest BCUT2D eigenvalue weighted by Crippen LogP contribution is 2.37. The van der Waals surface area contributed by atoms with Gasteiger partial charge in [0.15, 0.2) is 0 Å². The van der Waals surface area contributed by atoms with Crippen LogP contribution in [0.15, 0.2) is 24.3 Å². The van der Waals surface area contributed by atoms with Crippen LogP contribution in [0, 0.1) is 11.8 Å². The van der Waals surface area contributed by atoms with Gasteiger partial charge in [0.05, 0.1) is 0 Å². The maximum absolute atomic E-state index is 12.5. The second-order valence-corrected chi connectivity index (χ2v) is 6.94. The predicted molar refractivity (Wildman–Crippen MR) is 89.9 cm³/mol. The molecule has 1 aromatic rings. The van der Waals surface area contributed by atoms with E-state index in [0.717, 1.165) is 43.5 Å². The minimum absolute atomic E-state index is 0.134. The van der Waals surface area contributed by atoms with Crippen molar-refractivity contribution in [1.82, 2.24) is 10.2 Å². The molecule has 2 atom stereocenters. The van der Waals surface area contributed by atoms with Crippen molar-refractivity contribution in [2.75, 3.05) is 13.1 Å². The number of nitrogens with one attached hydrogen (secondary N) is 1. The second-order valence-electron chi connectivity index (χ2n) is 6.94. The van der Waals surface area contributed by atoms with E-state index in [4.69, 9.17) is 0 Å². The lowest BCUT2D eigenvalue weighted by Gasteiger charge is -2.20. The molecule has 4 nitrogen and oxygen atoms in total. The summed E-state index contributed by atoms with van der Waals surface area (Å²) in [5.41, 5.74) is 1.79. The van der Waals surface area contributed by atoms with Crippen molar-refractivity contribution in [3.8, 4) is 0 Å². The highest BCUT2D eigenvalue weighted by molar-refractivity contribution is 5.94. The summed E-state index contributed by atoms with van der Waals surface area (Å²) in [6, 6.07) is 7.66. The molecule has 2 aliphatic rings. The highest BCUT2D eigenvalue weighted by Gasteiger charge is 2.38. The van der Waals surface area contributed by atoms with Crippen LogP contribution in [-0.4, -0.2) is 29.8 Å². The topological polar surface area (TPSA) is 49.4 Å². The molecule has 0 bridgehead atoms. The third-order valence-corrected chi connectivity index (χ3v) is 5.01. The quantitative estimate of drug-likeness (QED) is 0.929. The summed E-state index contributed by atoms with van der Waals surface area (Å²) < 4.78 is 0. The van der Waals surface area contributed by atoms with Crippen molar-refractivity contribution in [2.45, 2.75) is 45.6 Å². The normalized spacial score (nSPS) is 24.0. The molecule has 1 saturated heterocycles. The summed E-state index contributed by atoms with van der Waals surface area (Å²) in [5.74, 6) is 1.03. The van der Waals surface area contributed by atoms with Crippen LogP contribution in [0.2, 0.25) is 0 Å². The number of carbonyl (C=O) groups excluding carboxylic acids is 2. The van der Waals surface area contributed by atoms with E-state index in [9.17, 15) is 9.59 Å². The first-order valence-electron chi connectivity index (χ1n) is 8.81. The van der Waals surface area contributed by atoms with Gasteiger partial charge in [0.1, 0.15) is 0 Å². The Kier molecular flexibility index (Phi) is 4.99. The standard InChI is InChI=1S/C19H26N2O2/c1-14-12-17(14)18(22)20-13-15-6-8-16(9-7-15)19(23)21-10-4-2-3-5-11-21/h6-9,14,17H,2-5,10-13H2,1H3,(H,20,22)/t14-,17-/m1/s1. The van der Waals surface area contributed by atoms with Crippen LogP contribution in [-0.2, 0) is 11.3 Å². The number of hydrogen-bond acceptors (Lipinski definition) is 2. The highest BCUT2D eigenvalue weighted by atomic mass is 16.2. The van der Waals surface area contributed by atoms with E-state index in [1.807, 2.05) is 29.2 Å². The largest absolute Gasteiger partial charge is 0.352 e. The van der Waals surface area contributed by atoms with Gasteiger partial charge in [0.25, 0.3) is 5.91 Å². The lowest BCUT2D eigenvalue weighted by atomic mass is 10.1. The number of benzene rings is 1. The second kappa shape index (κ2) is 7.16. The molecule has 124 valence electrons. The van der Waals surface area contributed by atoms with Gasteiger partial charge in [-0.3, -0.25) is 9.59 Å². The van der Waals surface area contributed by atoms with Crippen molar-refractivity contribution >= 4 is 11.8 Å². The number of rotatable bonds is 4. The summed E-state index contributed by atoms with van der Waals surface area (Å²) in [5, 5.41) is 2.98. The van der Waals surface area contributed by atoms with Gasteiger partial charge in [-0.2, -0.15) is 0 Å². The van der Waals surface area contributed by atoms with Crippen LogP contribution in [0.5, 0.6) is 0 Å². The van der Waals surface area contributed by atoms with Crippen molar-refractivity contribution in [1.29, 1.82) is 0 Å². The molecular formula is C19H26N2O2. The lowest BCUT2D eigenvalue weighted by molar-refractivity contribution is -0.122. The lowest BCUT2D eigenvalue weighted by Crippen LogP contribution is -2.31. The van der Waals surface area contributed by atoms with Crippen molar-refractivity contribution in [3.05, 3.63) is 35.4 Å². The summed E-state index contributed by atoms with van der Waals surface area (Å²) in [7, 11) is 0. The Labute approximate surface area is 138 Å². The number of amides is 2. The molecule has 1 saturated carbocycles. The molecule has 1 heterocycles. The maximum atomic E-state index is 12.5. The zero-order valence-corrected chi connectivity index (χ0v) is 13.9. The fourth-order valence-electron chi connectivity index (χ4n) is 3.23. The van der Waals surface area contributed by atoms with E-state index in [-0.39, 0.29) is 17.7 Å². The molecule has 23 heavy (non-hydrogen) atoms. The fourth-order valence-corrected chi connectivity index (χ4v) is 3.23. The van der Waals surface area contributed by atoms with E-state index < -0.39 is 0 Å². The molecule has 0 spiro atoms. The summed E-state index contributed by atoms with van der Waals surface area (Å²) in [6.45, 7) is 4.39. The van der Waals surface area contributed by atoms with Crippen molar-refractivity contribution in [2.24, 2.45) is 11.8 Å². The predicted octanol–water partition coefficient (Wildman–Crippen LogP) is 2.98. The Morgan fingerprint density at radius 3 is 2.26 bits per heavy atom. The Morgan fingerprint density at radius 2 is 1.70 bits per heavy atom. The van der Waals surface area contributed by atoms with Gasteiger partial charge in [0, 0.05) is 31.1 Å². The van der Waals surface area contributed by atoms with E-state index in [0.29, 0.717) is 12.5 Å². The first kappa shape index (κ1) is 16.0. The average molecular weight is 314 g/mol. The van der Waals surface area contributed by atoms with Crippen LogP contribution in [0.3, 0.4) is 0 Å². The molecular weight excluding hydrogens is 288 g/mol. The van der Waals surface area contributed by atoms with Crippen LogP contribution < -0.4 is 5.32 Å². The number of carbonyl (C=O) groups is 2. The van der Waals surface area contributed by atoms with Gasteiger partial charge in [-0.1, -0.05) is 31.9 Å². The van der Waals surface area contributed by atoms with E-state index in [1.54, 1.807) is 0 Å². The smallest absolute Gasteiger partial charge is 0.253 e. The zero-order valence-electron chi connectivity index (χ0n) is 13.9. The van der Waals surface area contributed by atoms with Gasteiger partial charge in [0.2, 0.25) is 5.91 Å². The molecule has 1 N–H and O–H groups in total. The molecule has 0 unspecified atom stereocenters. The fraction of sp³-hybridized carbons (Fsp3) is 0.579. The molecule has 1 aliphatic heterocycles. The molecule has 4 heteroatoms.